The highest BCUT2D eigenvalue weighted by Gasteiger charge is 2.23. The number of rotatable bonds is 8. The molecule has 1 unspecified atom stereocenters. The molecule has 3 N–H and O–H groups in total. The average molecular weight is 451 g/mol. The lowest BCUT2D eigenvalue weighted by Crippen LogP contribution is -2.45. The first kappa shape index (κ1) is 23.7. The Balaban J connectivity index is 1.96. The summed E-state index contributed by atoms with van der Waals surface area (Å²) < 4.78 is 0. The molecule has 2 aromatic carbocycles. The SMILES string of the molecule is CCN(CC(=O)Nc1ccc(NC(C)=O)cc1)C(C)C(=O)Nc1cccc(Cl)c1Cl. The summed E-state index contributed by atoms with van der Waals surface area (Å²) in [6.45, 7) is 5.53. The van der Waals surface area contributed by atoms with Crippen molar-refractivity contribution in [3.05, 3.63) is 52.5 Å². The minimum absolute atomic E-state index is 0.0296. The molecular weight excluding hydrogens is 427 g/mol. The molecule has 2 rings (SSSR count). The maximum Gasteiger partial charge on any atom is 0.241 e. The highest BCUT2D eigenvalue weighted by atomic mass is 35.5. The summed E-state index contributed by atoms with van der Waals surface area (Å²) >= 11 is 12.1. The lowest BCUT2D eigenvalue weighted by atomic mass is 10.2. The number of halogens is 2. The zero-order valence-corrected chi connectivity index (χ0v) is 18.5. The van der Waals surface area contributed by atoms with Gasteiger partial charge >= 0.3 is 0 Å². The van der Waals surface area contributed by atoms with Crippen LogP contribution >= 0.6 is 23.2 Å². The van der Waals surface area contributed by atoms with Gasteiger partial charge in [0.15, 0.2) is 0 Å². The number of carbonyl (C=O) groups excluding carboxylic acids is 3. The fraction of sp³-hybridized carbons (Fsp3) is 0.286. The summed E-state index contributed by atoms with van der Waals surface area (Å²) in [6, 6.07) is 11.2. The van der Waals surface area contributed by atoms with Crippen molar-refractivity contribution in [2.24, 2.45) is 0 Å². The summed E-state index contributed by atoms with van der Waals surface area (Å²) in [6.07, 6.45) is 0. The molecule has 0 fully saturated rings. The molecule has 0 aromatic heterocycles. The third kappa shape index (κ3) is 6.73. The second kappa shape index (κ2) is 11.0. The van der Waals surface area contributed by atoms with E-state index in [2.05, 4.69) is 16.0 Å². The molecule has 0 saturated heterocycles. The third-order valence-corrected chi connectivity index (χ3v) is 5.20. The Labute approximate surface area is 185 Å². The molecule has 0 bridgehead atoms. The maximum absolute atomic E-state index is 12.6. The Morgan fingerprint density at radius 3 is 2.13 bits per heavy atom. The van der Waals surface area contributed by atoms with Crippen molar-refractivity contribution in [3.8, 4) is 0 Å². The van der Waals surface area contributed by atoms with Gasteiger partial charge in [0.2, 0.25) is 17.7 Å². The molecule has 2 aromatic rings. The number of nitrogens with zero attached hydrogens (tertiary/aromatic N) is 1. The zero-order chi connectivity index (χ0) is 22.3. The van der Waals surface area contributed by atoms with Crippen LogP contribution in [0.3, 0.4) is 0 Å². The van der Waals surface area contributed by atoms with Gasteiger partial charge in [-0.15, -0.1) is 0 Å². The third-order valence-electron chi connectivity index (χ3n) is 4.38. The fourth-order valence-corrected chi connectivity index (χ4v) is 3.10. The van der Waals surface area contributed by atoms with Crippen molar-refractivity contribution in [1.82, 2.24) is 4.90 Å². The van der Waals surface area contributed by atoms with Gasteiger partial charge in [0.25, 0.3) is 0 Å². The smallest absolute Gasteiger partial charge is 0.241 e. The molecule has 0 aliphatic rings. The number of likely N-dealkylation sites (N-methyl/N-ethyl adjacent to an activating group) is 1. The Morgan fingerprint density at radius 2 is 1.57 bits per heavy atom. The lowest BCUT2D eigenvalue weighted by Gasteiger charge is -2.26. The molecule has 160 valence electrons. The van der Waals surface area contributed by atoms with Crippen molar-refractivity contribution < 1.29 is 14.4 Å². The first-order valence-electron chi connectivity index (χ1n) is 9.37. The largest absolute Gasteiger partial charge is 0.326 e. The number of benzene rings is 2. The number of nitrogens with one attached hydrogen (secondary N) is 3. The summed E-state index contributed by atoms with van der Waals surface area (Å²) in [5.74, 6) is -0.727. The Bertz CT molecular complexity index is 919. The van der Waals surface area contributed by atoms with Crippen LogP contribution in [0, 0.1) is 0 Å². The molecule has 0 aliphatic carbocycles. The molecule has 0 heterocycles. The summed E-state index contributed by atoms with van der Waals surface area (Å²) in [7, 11) is 0. The second-order valence-corrected chi connectivity index (χ2v) is 7.42. The van der Waals surface area contributed by atoms with E-state index in [1.807, 2.05) is 6.92 Å². The molecule has 0 spiro atoms. The van der Waals surface area contributed by atoms with Gasteiger partial charge in [-0.05, 0) is 49.9 Å². The van der Waals surface area contributed by atoms with Crippen LogP contribution in [-0.2, 0) is 14.4 Å². The average Bonchev–Trinajstić information content (AvgIpc) is 2.70. The Morgan fingerprint density at radius 1 is 0.967 bits per heavy atom. The van der Waals surface area contributed by atoms with E-state index in [1.165, 1.54) is 6.92 Å². The monoisotopic (exact) mass is 450 g/mol. The molecule has 0 aliphatic heterocycles. The second-order valence-electron chi connectivity index (χ2n) is 6.64. The van der Waals surface area contributed by atoms with Gasteiger partial charge in [-0.3, -0.25) is 19.3 Å². The van der Waals surface area contributed by atoms with Crippen molar-refractivity contribution in [2.45, 2.75) is 26.8 Å². The highest BCUT2D eigenvalue weighted by molar-refractivity contribution is 6.44. The van der Waals surface area contributed by atoms with E-state index in [0.717, 1.165) is 0 Å². The van der Waals surface area contributed by atoms with E-state index in [9.17, 15) is 14.4 Å². The molecule has 30 heavy (non-hydrogen) atoms. The Hall–Kier alpha value is -2.61. The van der Waals surface area contributed by atoms with E-state index in [1.54, 1.807) is 54.3 Å². The number of anilines is 3. The molecule has 0 saturated carbocycles. The summed E-state index contributed by atoms with van der Waals surface area (Å²) in [5.41, 5.74) is 1.65. The maximum atomic E-state index is 12.6. The summed E-state index contributed by atoms with van der Waals surface area (Å²) in [5, 5.41) is 8.80. The molecular formula is C21H24Cl2N4O3. The van der Waals surface area contributed by atoms with E-state index in [-0.39, 0.29) is 29.3 Å². The number of hydrogen-bond donors (Lipinski definition) is 3. The van der Waals surface area contributed by atoms with E-state index >= 15 is 0 Å². The first-order chi connectivity index (χ1) is 14.2. The zero-order valence-electron chi connectivity index (χ0n) is 17.0. The van der Waals surface area contributed by atoms with Crippen LogP contribution < -0.4 is 16.0 Å². The van der Waals surface area contributed by atoms with Crippen LogP contribution in [0.4, 0.5) is 17.1 Å². The fourth-order valence-electron chi connectivity index (χ4n) is 2.75. The predicted octanol–water partition coefficient (Wildman–Crippen LogP) is 4.24. The lowest BCUT2D eigenvalue weighted by molar-refractivity contribution is -0.123. The minimum atomic E-state index is -0.571. The molecule has 3 amide bonds. The minimum Gasteiger partial charge on any atom is -0.326 e. The number of carbonyl (C=O) groups is 3. The quantitative estimate of drug-likeness (QED) is 0.560. The van der Waals surface area contributed by atoms with Crippen molar-refractivity contribution >= 4 is 58.0 Å². The van der Waals surface area contributed by atoms with E-state index in [4.69, 9.17) is 23.2 Å². The topological polar surface area (TPSA) is 90.5 Å². The van der Waals surface area contributed by atoms with Crippen LogP contribution in [0.1, 0.15) is 20.8 Å². The van der Waals surface area contributed by atoms with Crippen molar-refractivity contribution in [1.29, 1.82) is 0 Å². The van der Waals surface area contributed by atoms with Crippen LogP contribution in [-0.4, -0.2) is 41.8 Å². The molecule has 9 heteroatoms. The van der Waals surface area contributed by atoms with Gasteiger partial charge < -0.3 is 16.0 Å². The van der Waals surface area contributed by atoms with E-state index in [0.29, 0.717) is 28.6 Å². The first-order valence-corrected chi connectivity index (χ1v) is 10.1. The molecule has 7 nitrogen and oxygen atoms in total. The van der Waals surface area contributed by atoms with Gasteiger partial charge in [-0.2, -0.15) is 0 Å². The molecule has 0 radical (unpaired) electrons. The number of hydrogen-bond acceptors (Lipinski definition) is 4. The standard InChI is InChI=1S/C21H24Cl2N4O3/c1-4-27(13(2)21(30)26-18-7-5-6-17(22)20(18)23)12-19(29)25-16-10-8-15(9-11-16)24-14(3)28/h5-11,13H,4,12H2,1-3H3,(H,24,28)(H,25,29)(H,26,30). The van der Waals surface area contributed by atoms with E-state index < -0.39 is 6.04 Å². The summed E-state index contributed by atoms with van der Waals surface area (Å²) in [4.78, 5) is 37.9. The van der Waals surface area contributed by atoms with Gasteiger partial charge in [0.05, 0.1) is 28.3 Å². The normalized spacial score (nSPS) is 11.7. The van der Waals surface area contributed by atoms with Gasteiger partial charge in [-0.25, -0.2) is 0 Å². The predicted molar refractivity (Wildman–Crippen MR) is 121 cm³/mol. The Kier molecular flexibility index (Phi) is 8.65. The van der Waals surface area contributed by atoms with Gasteiger partial charge in [0.1, 0.15) is 0 Å². The van der Waals surface area contributed by atoms with Crippen molar-refractivity contribution in [2.75, 3.05) is 29.0 Å². The van der Waals surface area contributed by atoms with Gasteiger partial charge in [0, 0.05) is 18.3 Å². The van der Waals surface area contributed by atoms with Crippen LogP contribution in [0.15, 0.2) is 42.5 Å². The highest BCUT2D eigenvalue weighted by Crippen LogP contribution is 2.29. The van der Waals surface area contributed by atoms with Gasteiger partial charge in [-0.1, -0.05) is 36.2 Å². The van der Waals surface area contributed by atoms with Crippen LogP contribution in [0.2, 0.25) is 10.0 Å². The van der Waals surface area contributed by atoms with Crippen LogP contribution in [0.25, 0.3) is 0 Å². The van der Waals surface area contributed by atoms with Crippen LogP contribution in [0.5, 0.6) is 0 Å². The molecule has 1 atom stereocenters. The number of amides is 3. The van der Waals surface area contributed by atoms with Crippen molar-refractivity contribution in [3.63, 3.8) is 0 Å².